The molecule has 0 aliphatic rings. The predicted molar refractivity (Wildman–Crippen MR) is 55.9 cm³/mol. The summed E-state index contributed by atoms with van der Waals surface area (Å²) in [6.45, 7) is 7.10. The molecular weight excluding hydrogens is 216 g/mol. The molecule has 0 fully saturated rings. The van der Waals surface area contributed by atoms with Crippen molar-refractivity contribution in [3.05, 3.63) is 47.0 Å². The molecule has 0 spiro atoms. The minimum Gasteiger partial charge on any atom is -0.508 e. The molecule has 1 aromatic carbocycles. The zero-order valence-corrected chi connectivity index (χ0v) is 8.13. The van der Waals surface area contributed by atoms with Crippen LogP contribution < -0.4 is 0 Å². The lowest BCUT2D eigenvalue weighted by molar-refractivity contribution is 0.513. The van der Waals surface area contributed by atoms with E-state index in [0.29, 0.717) is 5.56 Å². The molecule has 0 radical (unpaired) electrons. The lowest BCUT2D eigenvalue weighted by Crippen LogP contribution is -1.85. The van der Waals surface area contributed by atoms with Gasteiger partial charge in [0.05, 0.1) is 0 Å². The smallest absolute Gasteiger partial charge is 0.116 e. The first-order chi connectivity index (χ1) is 5.65. The second-order valence-corrected chi connectivity index (χ2v) is 3.30. The standard InChI is InChI=1S/C10H9BrO/c1-3-8-6-9(11)4-5-10(8)7(2)12/h3-6,12H,1-2H2. The molecule has 62 valence electrons. The fourth-order valence-electron chi connectivity index (χ4n) is 0.965. The highest BCUT2D eigenvalue weighted by Gasteiger charge is 2.01. The summed E-state index contributed by atoms with van der Waals surface area (Å²) < 4.78 is 0.961. The second-order valence-electron chi connectivity index (χ2n) is 2.38. The van der Waals surface area contributed by atoms with Gasteiger partial charge in [-0.15, -0.1) is 0 Å². The minimum absolute atomic E-state index is 0.0670. The van der Waals surface area contributed by atoms with Gasteiger partial charge in [-0.05, 0) is 23.8 Å². The van der Waals surface area contributed by atoms with Crippen LogP contribution in [0.4, 0.5) is 0 Å². The topological polar surface area (TPSA) is 20.2 Å². The predicted octanol–water partition coefficient (Wildman–Crippen LogP) is 3.62. The van der Waals surface area contributed by atoms with E-state index in [9.17, 15) is 0 Å². The van der Waals surface area contributed by atoms with Gasteiger partial charge >= 0.3 is 0 Å². The van der Waals surface area contributed by atoms with Gasteiger partial charge in [-0.25, -0.2) is 0 Å². The van der Waals surface area contributed by atoms with Gasteiger partial charge in [-0.2, -0.15) is 0 Å². The van der Waals surface area contributed by atoms with E-state index in [-0.39, 0.29) is 5.76 Å². The SMILES string of the molecule is C=Cc1cc(Br)ccc1C(=C)O. The Morgan fingerprint density at radius 3 is 2.67 bits per heavy atom. The van der Waals surface area contributed by atoms with E-state index in [1.54, 1.807) is 12.1 Å². The van der Waals surface area contributed by atoms with Crippen LogP contribution in [0, 0.1) is 0 Å². The molecule has 0 heterocycles. The van der Waals surface area contributed by atoms with Gasteiger partial charge in [0.1, 0.15) is 5.76 Å². The Hall–Kier alpha value is -1.02. The average Bonchev–Trinajstić information content (AvgIpc) is 2.03. The van der Waals surface area contributed by atoms with Crippen LogP contribution in [0.25, 0.3) is 11.8 Å². The fraction of sp³-hybridized carbons (Fsp3) is 0. The maximum absolute atomic E-state index is 9.17. The number of hydrogen-bond acceptors (Lipinski definition) is 1. The van der Waals surface area contributed by atoms with Crippen molar-refractivity contribution >= 4 is 27.8 Å². The van der Waals surface area contributed by atoms with Gasteiger partial charge < -0.3 is 5.11 Å². The van der Waals surface area contributed by atoms with E-state index >= 15 is 0 Å². The summed E-state index contributed by atoms with van der Waals surface area (Å²) >= 11 is 3.33. The summed E-state index contributed by atoms with van der Waals surface area (Å²) in [4.78, 5) is 0. The Kier molecular flexibility index (Phi) is 2.71. The normalized spacial score (nSPS) is 9.42. The van der Waals surface area contributed by atoms with E-state index < -0.39 is 0 Å². The van der Waals surface area contributed by atoms with Gasteiger partial charge in [0.2, 0.25) is 0 Å². The number of rotatable bonds is 2. The van der Waals surface area contributed by atoms with Gasteiger partial charge in [-0.3, -0.25) is 0 Å². The van der Waals surface area contributed by atoms with E-state index in [0.717, 1.165) is 10.0 Å². The van der Waals surface area contributed by atoms with Crippen molar-refractivity contribution in [2.24, 2.45) is 0 Å². The van der Waals surface area contributed by atoms with E-state index in [4.69, 9.17) is 5.11 Å². The Morgan fingerprint density at radius 2 is 2.17 bits per heavy atom. The summed E-state index contributed by atoms with van der Waals surface area (Å²) in [5.41, 5.74) is 1.59. The molecular formula is C10H9BrO. The Morgan fingerprint density at radius 1 is 1.50 bits per heavy atom. The van der Waals surface area contributed by atoms with Gasteiger partial charge in [-0.1, -0.05) is 35.2 Å². The summed E-state index contributed by atoms with van der Waals surface area (Å²) in [7, 11) is 0. The fourth-order valence-corrected chi connectivity index (χ4v) is 1.34. The number of aliphatic hydroxyl groups is 1. The van der Waals surface area contributed by atoms with Crippen molar-refractivity contribution in [1.82, 2.24) is 0 Å². The Bertz CT molecular complexity index is 329. The molecule has 1 aromatic rings. The Balaban J connectivity index is 3.29. The summed E-state index contributed by atoms with van der Waals surface area (Å²) in [6.07, 6.45) is 1.68. The third-order valence-corrected chi connectivity index (χ3v) is 2.04. The largest absolute Gasteiger partial charge is 0.508 e. The van der Waals surface area contributed by atoms with Crippen molar-refractivity contribution in [2.75, 3.05) is 0 Å². The molecule has 0 atom stereocenters. The molecule has 2 heteroatoms. The quantitative estimate of drug-likeness (QED) is 0.762. The van der Waals surface area contributed by atoms with Crippen LogP contribution in [0.15, 0.2) is 35.8 Å². The molecule has 0 aromatic heterocycles. The highest BCUT2D eigenvalue weighted by atomic mass is 79.9. The van der Waals surface area contributed by atoms with Crippen LogP contribution in [0.5, 0.6) is 0 Å². The summed E-state index contributed by atoms with van der Waals surface area (Å²) in [5.74, 6) is 0.0670. The van der Waals surface area contributed by atoms with Gasteiger partial charge in [0.25, 0.3) is 0 Å². The Labute approximate surface area is 80.2 Å². The second kappa shape index (κ2) is 3.59. The molecule has 0 saturated carbocycles. The lowest BCUT2D eigenvalue weighted by Gasteiger charge is -2.03. The molecule has 1 rings (SSSR count). The minimum atomic E-state index is 0.0670. The number of halogens is 1. The van der Waals surface area contributed by atoms with Crippen LogP contribution in [0.1, 0.15) is 11.1 Å². The molecule has 0 saturated heterocycles. The highest BCUT2D eigenvalue weighted by Crippen LogP contribution is 2.21. The third kappa shape index (κ3) is 1.77. The summed E-state index contributed by atoms with van der Waals surface area (Å²) in [5, 5.41) is 9.17. The average molecular weight is 225 g/mol. The lowest BCUT2D eigenvalue weighted by atomic mass is 10.1. The zero-order valence-electron chi connectivity index (χ0n) is 6.55. The van der Waals surface area contributed by atoms with E-state index in [2.05, 4.69) is 29.1 Å². The first-order valence-corrected chi connectivity index (χ1v) is 4.24. The van der Waals surface area contributed by atoms with Gasteiger partial charge in [0, 0.05) is 10.0 Å². The summed E-state index contributed by atoms with van der Waals surface area (Å²) in [6, 6.07) is 5.52. The molecule has 1 nitrogen and oxygen atoms in total. The van der Waals surface area contributed by atoms with E-state index in [1.165, 1.54) is 0 Å². The molecule has 0 aliphatic carbocycles. The van der Waals surface area contributed by atoms with Crippen LogP contribution in [-0.2, 0) is 0 Å². The molecule has 12 heavy (non-hydrogen) atoms. The first kappa shape index (κ1) is 9.07. The van der Waals surface area contributed by atoms with Crippen LogP contribution in [0.3, 0.4) is 0 Å². The van der Waals surface area contributed by atoms with Crippen LogP contribution in [0.2, 0.25) is 0 Å². The van der Waals surface area contributed by atoms with Crippen molar-refractivity contribution in [3.63, 3.8) is 0 Å². The zero-order chi connectivity index (χ0) is 9.14. The third-order valence-electron chi connectivity index (χ3n) is 1.54. The van der Waals surface area contributed by atoms with Crippen LogP contribution in [-0.4, -0.2) is 5.11 Å². The molecule has 1 N–H and O–H groups in total. The van der Waals surface area contributed by atoms with Gasteiger partial charge in [0.15, 0.2) is 0 Å². The maximum atomic E-state index is 9.17. The molecule has 0 amide bonds. The monoisotopic (exact) mass is 224 g/mol. The first-order valence-electron chi connectivity index (χ1n) is 3.45. The molecule has 0 bridgehead atoms. The van der Waals surface area contributed by atoms with Crippen LogP contribution >= 0.6 is 15.9 Å². The van der Waals surface area contributed by atoms with Crippen molar-refractivity contribution in [3.8, 4) is 0 Å². The number of aliphatic hydroxyl groups excluding tert-OH is 1. The molecule has 0 unspecified atom stereocenters. The van der Waals surface area contributed by atoms with Crippen molar-refractivity contribution in [1.29, 1.82) is 0 Å². The maximum Gasteiger partial charge on any atom is 0.116 e. The van der Waals surface area contributed by atoms with Crippen molar-refractivity contribution in [2.45, 2.75) is 0 Å². The number of benzene rings is 1. The highest BCUT2D eigenvalue weighted by molar-refractivity contribution is 9.10. The van der Waals surface area contributed by atoms with E-state index in [1.807, 2.05) is 12.1 Å². The number of hydrogen-bond donors (Lipinski definition) is 1. The van der Waals surface area contributed by atoms with Crippen molar-refractivity contribution < 1.29 is 5.11 Å². The molecule has 0 aliphatic heterocycles.